The van der Waals surface area contributed by atoms with E-state index < -0.39 is 10.1 Å². The molecule has 0 saturated carbocycles. The SMILES string of the molecule is O=S(=O)(O)C1=Cc2nc1c(-c1ccccc1)c1ccc(cc3nc(cc4ccc([nH]4)c2-c2ccccc2)C=C3)[nH]1. The van der Waals surface area contributed by atoms with Crippen molar-refractivity contribution in [1.29, 1.82) is 0 Å². The summed E-state index contributed by atoms with van der Waals surface area (Å²) in [5.74, 6) is 0. The lowest BCUT2D eigenvalue weighted by atomic mass is 10.0. The van der Waals surface area contributed by atoms with Gasteiger partial charge in [0.1, 0.15) is 4.91 Å². The molecule has 7 rings (SSSR count). The van der Waals surface area contributed by atoms with Crippen LogP contribution < -0.4 is 0 Å². The van der Waals surface area contributed by atoms with Gasteiger partial charge in [-0.25, -0.2) is 9.97 Å². The van der Waals surface area contributed by atoms with E-state index in [0.29, 0.717) is 22.3 Å². The molecule has 2 aromatic carbocycles. The lowest BCUT2D eigenvalue weighted by molar-refractivity contribution is 0.496. The smallest absolute Gasteiger partial charge is 0.296 e. The molecule has 2 aliphatic heterocycles. The largest absolute Gasteiger partial charge is 0.355 e. The number of H-pyrrole nitrogens is 2. The summed E-state index contributed by atoms with van der Waals surface area (Å²) in [6.07, 6.45) is 5.35. The summed E-state index contributed by atoms with van der Waals surface area (Å²) in [6, 6.07) is 30.6. The van der Waals surface area contributed by atoms with E-state index in [1.165, 1.54) is 6.08 Å². The fourth-order valence-electron chi connectivity index (χ4n) is 5.13. The van der Waals surface area contributed by atoms with Crippen LogP contribution >= 0.6 is 0 Å². The molecule has 7 nitrogen and oxygen atoms in total. The summed E-state index contributed by atoms with van der Waals surface area (Å²) in [5, 5.41) is 0. The predicted octanol–water partition coefficient (Wildman–Crippen LogP) is 7.21. The molecule has 3 N–H and O–H groups in total. The molecule has 0 fully saturated rings. The van der Waals surface area contributed by atoms with E-state index >= 15 is 0 Å². The van der Waals surface area contributed by atoms with Gasteiger partial charge in [-0.15, -0.1) is 0 Å². The number of nitrogens with zero attached hydrogens (tertiary/aromatic N) is 2. The summed E-state index contributed by atoms with van der Waals surface area (Å²) in [7, 11) is -4.64. The van der Waals surface area contributed by atoms with Crippen LogP contribution in [-0.4, -0.2) is 32.9 Å². The second-order valence-corrected chi connectivity index (χ2v) is 10.9. The molecule has 5 heterocycles. The molecule has 0 amide bonds. The predicted molar refractivity (Wildman–Crippen MR) is 160 cm³/mol. The van der Waals surface area contributed by atoms with Gasteiger partial charge in [0.05, 0.1) is 22.8 Å². The maximum absolute atomic E-state index is 12.8. The molecule has 40 heavy (non-hydrogen) atoms. The van der Waals surface area contributed by atoms with Gasteiger partial charge in [-0.1, -0.05) is 60.7 Å². The zero-order valence-electron chi connectivity index (χ0n) is 21.0. The van der Waals surface area contributed by atoms with Crippen LogP contribution in [0.1, 0.15) is 22.8 Å². The summed E-state index contributed by atoms with van der Waals surface area (Å²) in [4.78, 5) is 16.2. The van der Waals surface area contributed by atoms with Gasteiger partial charge < -0.3 is 9.97 Å². The molecular weight excluding hydrogens is 520 g/mol. The molecule has 2 aliphatic rings. The Kier molecular flexibility index (Phi) is 5.59. The summed E-state index contributed by atoms with van der Waals surface area (Å²) in [6.45, 7) is 0. The monoisotopic (exact) mass is 542 g/mol. The van der Waals surface area contributed by atoms with Crippen molar-refractivity contribution >= 4 is 55.3 Å². The Morgan fingerprint density at radius 3 is 1.70 bits per heavy atom. The average molecular weight is 543 g/mol. The van der Waals surface area contributed by atoms with E-state index in [0.717, 1.165) is 39.1 Å². The lowest BCUT2D eigenvalue weighted by Crippen LogP contribution is -2.01. The molecule has 194 valence electrons. The first-order valence-electron chi connectivity index (χ1n) is 12.6. The highest BCUT2D eigenvalue weighted by Gasteiger charge is 2.28. The fourth-order valence-corrected chi connectivity index (χ4v) is 5.79. The van der Waals surface area contributed by atoms with Crippen molar-refractivity contribution in [3.63, 3.8) is 0 Å². The molecular formula is C32H22N4O3S. The molecule has 0 aliphatic carbocycles. The van der Waals surface area contributed by atoms with Crippen molar-refractivity contribution in [1.82, 2.24) is 19.9 Å². The minimum absolute atomic E-state index is 0.157. The Hall–Kier alpha value is -5.05. The van der Waals surface area contributed by atoms with Crippen LogP contribution in [-0.2, 0) is 10.1 Å². The highest BCUT2D eigenvalue weighted by atomic mass is 32.2. The quantitative estimate of drug-likeness (QED) is 0.205. The van der Waals surface area contributed by atoms with Crippen molar-refractivity contribution in [2.75, 3.05) is 0 Å². The van der Waals surface area contributed by atoms with Gasteiger partial charge in [0.15, 0.2) is 0 Å². The second-order valence-electron chi connectivity index (χ2n) is 9.55. The van der Waals surface area contributed by atoms with E-state index in [4.69, 9.17) is 9.97 Å². The van der Waals surface area contributed by atoms with Gasteiger partial charge in [0.25, 0.3) is 10.1 Å². The molecule has 5 aromatic rings. The standard InChI is InChI=1S/C32H22N4O3S/c37-40(38,39)29-19-28-30(20-7-3-1-4-8-20)26-15-13-24(34-26)17-22-11-12-23(33-22)18-25-14-16-27(35-25)31(32(29)36-28)21-9-5-2-6-10-21/h1-19,34-35H,(H,37,38,39). The number of hydrogen-bond acceptors (Lipinski definition) is 4. The zero-order valence-corrected chi connectivity index (χ0v) is 21.9. The van der Waals surface area contributed by atoms with Crippen molar-refractivity contribution in [3.8, 4) is 22.3 Å². The third-order valence-corrected chi connectivity index (χ3v) is 7.74. The maximum atomic E-state index is 12.8. The van der Waals surface area contributed by atoms with E-state index in [1.807, 2.05) is 109 Å². The van der Waals surface area contributed by atoms with Crippen molar-refractivity contribution < 1.29 is 13.0 Å². The number of rotatable bonds is 3. The number of aromatic amines is 2. The summed E-state index contributed by atoms with van der Waals surface area (Å²) in [5.41, 5.74) is 8.02. The number of fused-ring (bicyclic) bond motifs is 8. The Morgan fingerprint density at radius 2 is 1.15 bits per heavy atom. The Labute approximate surface area is 230 Å². The second kappa shape index (κ2) is 9.30. The lowest BCUT2D eigenvalue weighted by Gasteiger charge is -2.07. The molecule has 8 bridgehead atoms. The first kappa shape index (κ1) is 24.0. The van der Waals surface area contributed by atoms with Crippen LogP contribution in [0.2, 0.25) is 0 Å². The first-order chi connectivity index (χ1) is 19.4. The number of nitrogens with one attached hydrogen (secondary N) is 2. The minimum Gasteiger partial charge on any atom is -0.355 e. The topological polar surface area (TPSA) is 112 Å². The van der Waals surface area contributed by atoms with E-state index in [9.17, 15) is 13.0 Å². The van der Waals surface area contributed by atoms with Crippen molar-refractivity contribution in [2.24, 2.45) is 0 Å². The highest BCUT2D eigenvalue weighted by molar-refractivity contribution is 7.95. The van der Waals surface area contributed by atoms with Crippen LogP contribution in [0.3, 0.4) is 0 Å². The van der Waals surface area contributed by atoms with Crippen LogP contribution in [0.15, 0.2) is 97.1 Å². The number of hydrogen-bond donors (Lipinski definition) is 3. The number of benzene rings is 2. The van der Waals surface area contributed by atoms with Gasteiger partial charge in [0.2, 0.25) is 0 Å². The average Bonchev–Trinajstić information content (AvgIpc) is 3.75. The maximum Gasteiger partial charge on any atom is 0.296 e. The molecule has 0 unspecified atom stereocenters. The van der Waals surface area contributed by atoms with Gasteiger partial charge in [-0.3, -0.25) is 4.55 Å². The molecule has 0 saturated heterocycles. The van der Waals surface area contributed by atoms with Crippen LogP contribution in [0.4, 0.5) is 0 Å². The van der Waals surface area contributed by atoms with Crippen LogP contribution in [0.5, 0.6) is 0 Å². The van der Waals surface area contributed by atoms with E-state index in [2.05, 4.69) is 9.97 Å². The van der Waals surface area contributed by atoms with Crippen LogP contribution in [0, 0.1) is 0 Å². The summed E-state index contributed by atoms with van der Waals surface area (Å²) >= 11 is 0. The zero-order chi connectivity index (χ0) is 27.3. The third-order valence-electron chi connectivity index (χ3n) is 6.87. The Morgan fingerprint density at radius 1 is 0.625 bits per heavy atom. The molecule has 0 radical (unpaired) electrons. The van der Waals surface area contributed by atoms with Crippen molar-refractivity contribution in [2.45, 2.75) is 0 Å². The third kappa shape index (κ3) is 4.35. The first-order valence-corrected chi connectivity index (χ1v) is 14.1. The van der Waals surface area contributed by atoms with E-state index in [-0.39, 0.29) is 10.6 Å². The summed E-state index contributed by atoms with van der Waals surface area (Å²) < 4.78 is 36.1. The molecule has 3 aromatic heterocycles. The molecule has 0 atom stereocenters. The van der Waals surface area contributed by atoms with Crippen molar-refractivity contribution in [3.05, 3.63) is 120 Å². The normalized spacial score (nSPS) is 12.9. The van der Waals surface area contributed by atoms with E-state index in [1.54, 1.807) is 0 Å². The Balaban J connectivity index is 1.71. The van der Waals surface area contributed by atoms with Gasteiger partial charge in [-0.05, 0) is 65.8 Å². The Bertz CT molecular complexity index is 2130. The molecule has 8 heteroatoms. The van der Waals surface area contributed by atoms with Gasteiger partial charge in [-0.2, -0.15) is 8.42 Å². The minimum atomic E-state index is -4.64. The number of aromatic nitrogens is 4. The molecule has 0 spiro atoms. The highest BCUT2D eigenvalue weighted by Crippen LogP contribution is 2.39. The fraction of sp³-hybridized carbons (Fsp3) is 0. The van der Waals surface area contributed by atoms with Gasteiger partial charge >= 0.3 is 0 Å². The van der Waals surface area contributed by atoms with Gasteiger partial charge in [0, 0.05) is 33.2 Å². The van der Waals surface area contributed by atoms with Crippen LogP contribution in [0.25, 0.3) is 67.5 Å².